The number of rotatable bonds is 5. The average molecular weight is 372 g/mol. The highest BCUT2D eigenvalue weighted by atomic mass is 32.2. The van der Waals surface area contributed by atoms with Gasteiger partial charge >= 0.3 is 0 Å². The molecule has 2 aromatic heterocycles. The van der Waals surface area contributed by atoms with Crippen molar-refractivity contribution < 1.29 is 23.1 Å². The van der Waals surface area contributed by atoms with Crippen molar-refractivity contribution in [2.75, 3.05) is 5.32 Å². The number of nitrogens with two attached hydrogens (primary N) is 1. The van der Waals surface area contributed by atoms with Gasteiger partial charge < -0.3 is 20.7 Å². The molecule has 0 atom stereocenters. The molecule has 4 N–H and O–H groups in total. The van der Waals surface area contributed by atoms with E-state index in [-0.39, 0.29) is 19.9 Å². The number of primary amides is 1. The van der Waals surface area contributed by atoms with Gasteiger partial charge in [0.15, 0.2) is 0 Å². The zero-order chi connectivity index (χ0) is 18.3. The number of hydrogen-bond acceptors (Lipinski definition) is 7. The summed E-state index contributed by atoms with van der Waals surface area (Å²) in [4.78, 5) is 27.2. The lowest BCUT2D eigenvalue weighted by Gasteiger charge is -2.16. The number of aryl methyl sites for hydroxylation is 1. The van der Waals surface area contributed by atoms with Crippen molar-refractivity contribution in [2.45, 2.75) is 28.8 Å². The first-order valence-electron chi connectivity index (χ1n) is 6.64. The third-order valence-corrected chi connectivity index (χ3v) is 6.31. The quantitative estimate of drug-likeness (QED) is 0.680. The molecule has 2 rings (SSSR count). The third kappa shape index (κ3) is 3.32. The van der Waals surface area contributed by atoms with Crippen LogP contribution in [0, 0.1) is 0 Å². The number of thiophene rings is 1. The Kier molecular flexibility index (Phi) is 4.52. The Morgan fingerprint density at radius 3 is 2.50 bits per heavy atom. The molecule has 9 nitrogen and oxygen atoms in total. The van der Waals surface area contributed by atoms with Crippen LogP contribution in [0.2, 0.25) is 0 Å². The molecular weight excluding hydrogens is 356 g/mol. The molecule has 0 unspecified atom stereocenters. The predicted octanol–water partition coefficient (Wildman–Crippen LogP) is 0.123. The maximum Gasteiger partial charge on any atom is 0.256 e. The molecule has 24 heavy (non-hydrogen) atoms. The van der Waals surface area contributed by atoms with Crippen molar-refractivity contribution in [3.63, 3.8) is 0 Å². The molecule has 0 spiro atoms. The minimum Gasteiger partial charge on any atom is -0.381 e. The number of hydrogen-bond donors (Lipinski definition) is 3. The van der Waals surface area contributed by atoms with Gasteiger partial charge in [-0.25, -0.2) is 13.4 Å². The average Bonchev–Trinajstić information content (AvgIpc) is 3.04. The number of sulfone groups is 1. The van der Waals surface area contributed by atoms with Crippen molar-refractivity contribution in [2.24, 2.45) is 12.8 Å². The summed E-state index contributed by atoms with van der Waals surface area (Å²) in [6.07, 6.45) is 2.79. The number of aromatic nitrogens is 2. The van der Waals surface area contributed by atoms with Gasteiger partial charge in [0.05, 0.1) is 5.56 Å². The van der Waals surface area contributed by atoms with Crippen molar-refractivity contribution in [1.82, 2.24) is 9.55 Å². The van der Waals surface area contributed by atoms with Gasteiger partial charge in [-0.1, -0.05) is 0 Å². The van der Waals surface area contributed by atoms with E-state index in [1.165, 1.54) is 37.9 Å². The monoisotopic (exact) mass is 372 g/mol. The van der Waals surface area contributed by atoms with Crippen molar-refractivity contribution >= 4 is 38.0 Å². The Morgan fingerprint density at radius 2 is 2.04 bits per heavy atom. The highest BCUT2D eigenvalue weighted by Gasteiger charge is 2.30. The number of anilines is 1. The van der Waals surface area contributed by atoms with Crippen LogP contribution in [0.25, 0.3) is 0 Å². The molecule has 0 bridgehead atoms. The molecule has 0 aromatic carbocycles. The first kappa shape index (κ1) is 18.1. The topological polar surface area (TPSA) is 144 Å². The molecular formula is C13H16N4O5S2. The second-order valence-electron chi connectivity index (χ2n) is 5.51. The van der Waals surface area contributed by atoms with E-state index in [0.29, 0.717) is 11.3 Å². The van der Waals surface area contributed by atoms with E-state index in [1.807, 2.05) is 0 Å². The fourth-order valence-electron chi connectivity index (χ4n) is 1.73. The summed E-state index contributed by atoms with van der Waals surface area (Å²) in [6.45, 7) is 2.51. The van der Waals surface area contributed by atoms with Gasteiger partial charge in [0.2, 0.25) is 15.0 Å². The Hall–Kier alpha value is -2.24. The van der Waals surface area contributed by atoms with Crippen LogP contribution in [0.15, 0.2) is 27.8 Å². The standard InChI is InChI=1S/C13H16N4O5S2/c1-13(2,20)11(19)16-10-7(9(14)18)6-8(23-10)24(21,22)12-15-4-5-17(12)3/h4-6,20H,1-3H3,(H2,14,18)(H,16,19). The fourth-order valence-corrected chi connectivity index (χ4v) is 4.53. The molecule has 0 aliphatic carbocycles. The lowest BCUT2D eigenvalue weighted by atomic mass is 10.1. The molecule has 0 aliphatic rings. The molecule has 0 aliphatic heterocycles. The molecule has 2 aromatic rings. The van der Waals surface area contributed by atoms with E-state index in [2.05, 4.69) is 10.3 Å². The zero-order valence-electron chi connectivity index (χ0n) is 13.1. The number of nitrogens with one attached hydrogen (secondary N) is 1. The Morgan fingerprint density at radius 1 is 1.42 bits per heavy atom. The van der Waals surface area contributed by atoms with Crippen molar-refractivity contribution in [3.05, 3.63) is 24.0 Å². The number of amides is 2. The van der Waals surface area contributed by atoms with Crippen molar-refractivity contribution in [3.8, 4) is 0 Å². The van der Waals surface area contributed by atoms with Crippen LogP contribution in [-0.4, -0.2) is 40.5 Å². The molecule has 130 valence electrons. The Balaban J connectivity index is 2.52. The summed E-state index contributed by atoms with van der Waals surface area (Å²) in [5.41, 5.74) is 3.37. The first-order chi connectivity index (χ1) is 10.9. The second-order valence-corrected chi connectivity index (χ2v) is 8.63. The van der Waals surface area contributed by atoms with E-state index in [1.54, 1.807) is 0 Å². The van der Waals surface area contributed by atoms with Gasteiger partial charge in [0, 0.05) is 19.4 Å². The lowest BCUT2D eigenvalue weighted by molar-refractivity contribution is -0.130. The first-order valence-corrected chi connectivity index (χ1v) is 8.94. The minimum absolute atomic E-state index is 0.0533. The smallest absolute Gasteiger partial charge is 0.256 e. The third-order valence-electron chi connectivity index (χ3n) is 3.04. The molecule has 2 heterocycles. The van der Waals surface area contributed by atoms with Crippen molar-refractivity contribution in [1.29, 1.82) is 0 Å². The van der Waals surface area contributed by atoms with E-state index >= 15 is 0 Å². The van der Waals surface area contributed by atoms with Crippen LogP contribution in [-0.2, 0) is 21.7 Å². The minimum atomic E-state index is -3.98. The Bertz CT molecular complexity index is 905. The summed E-state index contributed by atoms with van der Waals surface area (Å²) in [6, 6.07) is 1.08. The van der Waals surface area contributed by atoms with Gasteiger partial charge in [-0.2, -0.15) is 0 Å². The van der Waals surface area contributed by atoms with Crippen LogP contribution < -0.4 is 11.1 Å². The molecule has 0 saturated heterocycles. The highest BCUT2D eigenvalue weighted by molar-refractivity contribution is 7.93. The van der Waals surface area contributed by atoms with Gasteiger partial charge in [-0.3, -0.25) is 9.59 Å². The summed E-state index contributed by atoms with van der Waals surface area (Å²) >= 11 is 0.661. The van der Waals surface area contributed by atoms with Crippen LogP contribution in [0.3, 0.4) is 0 Å². The molecule has 11 heteroatoms. The van der Waals surface area contributed by atoms with Crippen LogP contribution in [0.4, 0.5) is 5.00 Å². The van der Waals surface area contributed by atoms with Gasteiger partial charge in [0.1, 0.15) is 14.8 Å². The van der Waals surface area contributed by atoms with E-state index in [9.17, 15) is 23.1 Å². The second kappa shape index (κ2) is 6.00. The van der Waals surface area contributed by atoms with Gasteiger partial charge in [-0.05, 0) is 19.9 Å². The number of aliphatic hydroxyl groups is 1. The SMILES string of the molecule is Cn1ccnc1S(=O)(=O)c1cc(C(N)=O)c(NC(=O)C(C)(C)O)s1. The van der Waals surface area contributed by atoms with Gasteiger partial charge in [0.25, 0.3) is 11.8 Å². The fraction of sp³-hybridized carbons (Fsp3) is 0.308. The Labute approximate surface area is 142 Å². The van der Waals surface area contributed by atoms with E-state index < -0.39 is 27.3 Å². The normalized spacial score (nSPS) is 12.2. The van der Waals surface area contributed by atoms with Crippen LogP contribution in [0.5, 0.6) is 0 Å². The van der Waals surface area contributed by atoms with Gasteiger partial charge in [-0.15, -0.1) is 11.3 Å². The number of carbonyl (C=O) groups excluding carboxylic acids is 2. The predicted molar refractivity (Wildman–Crippen MR) is 86.4 cm³/mol. The highest BCUT2D eigenvalue weighted by Crippen LogP contribution is 2.34. The van der Waals surface area contributed by atoms with E-state index in [0.717, 1.165) is 6.07 Å². The molecule has 0 saturated carbocycles. The maximum absolute atomic E-state index is 12.6. The zero-order valence-corrected chi connectivity index (χ0v) is 14.7. The number of imidazole rings is 1. The molecule has 0 fully saturated rings. The summed E-state index contributed by atoms with van der Waals surface area (Å²) in [5, 5.41) is 11.7. The number of carbonyl (C=O) groups is 2. The summed E-state index contributed by atoms with van der Waals surface area (Å²) in [7, 11) is -2.47. The van der Waals surface area contributed by atoms with E-state index in [4.69, 9.17) is 5.73 Å². The maximum atomic E-state index is 12.6. The largest absolute Gasteiger partial charge is 0.381 e. The molecule has 0 radical (unpaired) electrons. The number of nitrogens with zero attached hydrogens (tertiary/aromatic N) is 2. The van der Waals surface area contributed by atoms with Crippen LogP contribution in [0.1, 0.15) is 24.2 Å². The molecule has 2 amide bonds. The summed E-state index contributed by atoms with van der Waals surface area (Å²) in [5.74, 6) is -1.70. The van der Waals surface area contributed by atoms with Crippen LogP contribution >= 0.6 is 11.3 Å². The lowest BCUT2D eigenvalue weighted by Crippen LogP contribution is -2.36. The summed E-state index contributed by atoms with van der Waals surface area (Å²) < 4.78 is 26.3.